The lowest BCUT2D eigenvalue weighted by Gasteiger charge is -2.23. The second-order valence-electron chi connectivity index (χ2n) is 6.32. The minimum absolute atomic E-state index is 0. The Labute approximate surface area is 188 Å². The minimum Gasteiger partial charge on any atom is -0.493 e. The van der Waals surface area contributed by atoms with Crippen LogP contribution in [0.5, 0.6) is 11.5 Å². The average molecular weight is 514 g/mol. The highest BCUT2D eigenvalue weighted by atomic mass is 127. The highest BCUT2D eigenvalue weighted by molar-refractivity contribution is 14.0. The number of halogens is 1. The van der Waals surface area contributed by atoms with Gasteiger partial charge in [-0.3, -0.25) is 15.1 Å². The van der Waals surface area contributed by atoms with Crippen LogP contribution in [0.3, 0.4) is 0 Å². The Morgan fingerprint density at radius 1 is 1.21 bits per heavy atom. The Kier molecular flexibility index (Phi) is 9.66. The van der Waals surface area contributed by atoms with E-state index in [1.54, 1.807) is 33.4 Å². The SMILES string of the molecule is CN=C(NCc1cccc([N+](=O)[O-])c1)N(C)Cc1cc(OC)c(OC)cc1C.I. The fourth-order valence-corrected chi connectivity index (χ4v) is 2.87. The van der Waals surface area contributed by atoms with Gasteiger partial charge >= 0.3 is 0 Å². The number of nitro groups is 1. The Hall–Kier alpha value is -2.56. The maximum atomic E-state index is 10.9. The lowest BCUT2D eigenvalue weighted by molar-refractivity contribution is -0.384. The van der Waals surface area contributed by atoms with Gasteiger partial charge in [0.25, 0.3) is 5.69 Å². The van der Waals surface area contributed by atoms with Gasteiger partial charge in [-0.25, -0.2) is 0 Å². The summed E-state index contributed by atoms with van der Waals surface area (Å²) < 4.78 is 10.7. The zero-order valence-electron chi connectivity index (χ0n) is 17.3. The molecule has 0 fully saturated rings. The van der Waals surface area contributed by atoms with Crippen LogP contribution in [0, 0.1) is 17.0 Å². The van der Waals surface area contributed by atoms with E-state index in [0.29, 0.717) is 30.5 Å². The lowest BCUT2D eigenvalue weighted by atomic mass is 10.1. The summed E-state index contributed by atoms with van der Waals surface area (Å²) in [5, 5.41) is 14.2. The topological polar surface area (TPSA) is 89.2 Å². The van der Waals surface area contributed by atoms with Gasteiger partial charge in [-0.2, -0.15) is 0 Å². The van der Waals surface area contributed by atoms with E-state index >= 15 is 0 Å². The number of nitrogens with one attached hydrogen (secondary N) is 1. The molecule has 0 radical (unpaired) electrons. The van der Waals surface area contributed by atoms with Crippen LogP contribution in [0.25, 0.3) is 0 Å². The maximum Gasteiger partial charge on any atom is 0.269 e. The molecule has 0 aliphatic heterocycles. The molecule has 0 saturated carbocycles. The van der Waals surface area contributed by atoms with Gasteiger partial charge in [0.05, 0.1) is 19.1 Å². The molecule has 0 aliphatic carbocycles. The van der Waals surface area contributed by atoms with Crippen LogP contribution >= 0.6 is 24.0 Å². The number of hydrogen-bond donors (Lipinski definition) is 1. The molecule has 0 aromatic heterocycles. The van der Waals surface area contributed by atoms with Crippen LogP contribution < -0.4 is 14.8 Å². The maximum absolute atomic E-state index is 10.9. The van der Waals surface area contributed by atoms with Crippen molar-refractivity contribution in [2.75, 3.05) is 28.3 Å². The number of benzene rings is 2. The van der Waals surface area contributed by atoms with Crippen molar-refractivity contribution >= 4 is 35.6 Å². The van der Waals surface area contributed by atoms with E-state index in [2.05, 4.69) is 10.3 Å². The summed E-state index contributed by atoms with van der Waals surface area (Å²) in [5.74, 6) is 2.05. The Morgan fingerprint density at radius 3 is 2.45 bits per heavy atom. The van der Waals surface area contributed by atoms with Crippen LogP contribution in [0.2, 0.25) is 0 Å². The standard InChI is InChI=1S/C20H26N4O4.HI/c1-14-9-18(27-4)19(28-5)11-16(14)13-23(3)20(21-2)22-12-15-7-6-8-17(10-15)24(25)26;/h6-11H,12-13H2,1-5H3,(H,21,22);1H. The number of guanidine groups is 1. The first kappa shape index (κ1) is 24.5. The van der Waals surface area contributed by atoms with Crippen molar-refractivity contribution in [1.82, 2.24) is 10.2 Å². The summed E-state index contributed by atoms with van der Waals surface area (Å²) >= 11 is 0. The summed E-state index contributed by atoms with van der Waals surface area (Å²) in [4.78, 5) is 16.8. The molecule has 0 aliphatic rings. The van der Waals surface area contributed by atoms with E-state index in [0.717, 1.165) is 16.7 Å². The monoisotopic (exact) mass is 514 g/mol. The second-order valence-corrected chi connectivity index (χ2v) is 6.32. The number of nitro benzene ring substituents is 1. The van der Waals surface area contributed by atoms with Crippen molar-refractivity contribution < 1.29 is 14.4 Å². The van der Waals surface area contributed by atoms with E-state index in [-0.39, 0.29) is 29.7 Å². The van der Waals surface area contributed by atoms with E-state index < -0.39 is 4.92 Å². The minimum atomic E-state index is -0.399. The molecular formula is C20H27IN4O4. The predicted octanol–water partition coefficient (Wildman–Crippen LogP) is 3.75. The molecule has 9 heteroatoms. The Morgan fingerprint density at radius 2 is 1.86 bits per heavy atom. The molecule has 0 unspecified atom stereocenters. The largest absolute Gasteiger partial charge is 0.493 e. The molecule has 0 atom stereocenters. The summed E-state index contributed by atoms with van der Waals surface area (Å²) in [6.45, 7) is 3.06. The van der Waals surface area contributed by atoms with Gasteiger partial charge < -0.3 is 19.7 Å². The third-order valence-electron chi connectivity index (χ3n) is 4.40. The quantitative estimate of drug-likeness (QED) is 0.199. The van der Waals surface area contributed by atoms with Crippen molar-refractivity contribution in [3.63, 3.8) is 0 Å². The molecular weight excluding hydrogens is 487 g/mol. The van der Waals surface area contributed by atoms with E-state index in [1.807, 2.05) is 37.1 Å². The molecule has 8 nitrogen and oxygen atoms in total. The molecule has 2 aromatic carbocycles. The van der Waals surface area contributed by atoms with Gasteiger partial charge in [-0.05, 0) is 35.7 Å². The Balaban J connectivity index is 0.00000420. The zero-order valence-corrected chi connectivity index (χ0v) is 19.6. The molecule has 29 heavy (non-hydrogen) atoms. The molecule has 0 saturated heterocycles. The number of aryl methyl sites for hydroxylation is 1. The second kappa shape index (κ2) is 11.4. The first-order valence-corrected chi connectivity index (χ1v) is 8.76. The van der Waals surface area contributed by atoms with Gasteiger partial charge in [0, 0.05) is 39.3 Å². The number of ether oxygens (including phenoxy) is 2. The molecule has 0 bridgehead atoms. The normalized spacial score (nSPS) is 10.7. The van der Waals surface area contributed by atoms with E-state index in [4.69, 9.17) is 9.47 Å². The van der Waals surface area contributed by atoms with Crippen LogP contribution in [-0.4, -0.2) is 44.1 Å². The lowest BCUT2D eigenvalue weighted by Crippen LogP contribution is -2.38. The predicted molar refractivity (Wildman–Crippen MR) is 124 cm³/mol. The first-order valence-electron chi connectivity index (χ1n) is 8.76. The summed E-state index contributed by atoms with van der Waals surface area (Å²) in [6, 6.07) is 10.4. The summed E-state index contributed by atoms with van der Waals surface area (Å²) in [5.41, 5.74) is 3.05. The molecule has 2 aromatic rings. The molecule has 0 heterocycles. The van der Waals surface area contributed by atoms with Gasteiger partial charge in [0.1, 0.15) is 0 Å². The van der Waals surface area contributed by atoms with Gasteiger partial charge in [-0.15, -0.1) is 24.0 Å². The van der Waals surface area contributed by atoms with Crippen molar-refractivity contribution in [3.05, 3.63) is 63.2 Å². The summed E-state index contributed by atoms with van der Waals surface area (Å²) in [6.07, 6.45) is 0. The molecule has 0 spiro atoms. The smallest absolute Gasteiger partial charge is 0.269 e. The first-order chi connectivity index (χ1) is 13.4. The van der Waals surface area contributed by atoms with Gasteiger partial charge in [0.2, 0.25) is 0 Å². The number of hydrogen-bond acceptors (Lipinski definition) is 5. The van der Waals surface area contributed by atoms with Crippen LogP contribution in [-0.2, 0) is 13.1 Å². The highest BCUT2D eigenvalue weighted by Crippen LogP contribution is 2.30. The fourth-order valence-electron chi connectivity index (χ4n) is 2.87. The molecule has 0 amide bonds. The third-order valence-corrected chi connectivity index (χ3v) is 4.40. The van der Waals surface area contributed by atoms with Gasteiger partial charge in [0.15, 0.2) is 17.5 Å². The van der Waals surface area contributed by atoms with E-state index in [1.165, 1.54) is 6.07 Å². The van der Waals surface area contributed by atoms with Crippen LogP contribution in [0.1, 0.15) is 16.7 Å². The number of nitrogens with zero attached hydrogens (tertiary/aromatic N) is 3. The Bertz CT molecular complexity index is 874. The molecule has 158 valence electrons. The van der Waals surface area contributed by atoms with Crippen molar-refractivity contribution in [1.29, 1.82) is 0 Å². The van der Waals surface area contributed by atoms with Crippen molar-refractivity contribution in [2.45, 2.75) is 20.0 Å². The highest BCUT2D eigenvalue weighted by Gasteiger charge is 2.13. The van der Waals surface area contributed by atoms with E-state index in [9.17, 15) is 10.1 Å². The third kappa shape index (κ3) is 6.48. The van der Waals surface area contributed by atoms with Crippen LogP contribution in [0.4, 0.5) is 5.69 Å². The number of methoxy groups -OCH3 is 2. The average Bonchev–Trinajstić information content (AvgIpc) is 2.69. The number of rotatable bonds is 7. The molecule has 1 N–H and O–H groups in total. The number of aliphatic imine (C=N–C) groups is 1. The van der Waals surface area contributed by atoms with Crippen molar-refractivity contribution in [2.24, 2.45) is 4.99 Å². The van der Waals surface area contributed by atoms with Gasteiger partial charge in [-0.1, -0.05) is 12.1 Å². The van der Waals surface area contributed by atoms with Crippen molar-refractivity contribution in [3.8, 4) is 11.5 Å². The molecule has 2 rings (SSSR count). The van der Waals surface area contributed by atoms with Crippen LogP contribution in [0.15, 0.2) is 41.4 Å². The zero-order chi connectivity index (χ0) is 20.7. The fraction of sp³-hybridized carbons (Fsp3) is 0.350. The summed E-state index contributed by atoms with van der Waals surface area (Å²) in [7, 11) is 6.86. The number of non-ortho nitro benzene ring substituents is 1.